The predicted octanol–water partition coefficient (Wildman–Crippen LogP) is 2.84. The first-order valence-corrected chi connectivity index (χ1v) is 7.28. The summed E-state index contributed by atoms with van der Waals surface area (Å²) in [5, 5.41) is 2.66. The van der Waals surface area contributed by atoms with Crippen molar-refractivity contribution in [3.63, 3.8) is 0 Å². The molecule has 0 aromatic heterocycles. The standard InChI is InChI=1S/C18H19NO2/c1-19-18(20)16-7-4-5-13(10-16)9-14-11-15-6-2-3-8-17(15)21-12-14/h2-8,10,14H,9,11-12H2,1H3,(H,19,20)/t14-/m1/s1. The Balaban J connectivity index is 1.72. The molecule has 108 valence electrons. The minimum atomic E-state index is -0.0397. The van der Waals surface area contributed by atoms with Gasteiger partial charge in [0.25, 0.3) is 5.91 Å². The van der Waals surface area contributed by atoms with Crippen LogP contribution in [0.25, 0.3) is 0 Å². The van der Waals surface area contributed by atoms with Crippen LogP contribution in [-0.2, 0) is 12.8 Å². The zero-order chi connectivity index (χ0) is 14.7. The van der Waals surface area contributed by atoms with E-state index in [0.717, 1.165) is 25.2 Å². The van der Waals surface area contributed by atoms with E-state index in [1.807, 2.05) is 30.3 Å². The van der Waals surface area contributed by atoms with Crippen LogP contribution in [-0.4, -0.2) is 19.6 Å². The summed E-state index contributed by atoms with van der Waals surface area (Å²) in [5.74, 6) is 1.43. The van der Waals surface area contributed by atoms with Crippen molar-refractivity contribution < 1.29 is 9.53 Å². The molecule has 3 nitrogen and oxygen atoms in total. The van der Waals surface area contributed by atoms with E-state index in [-0.39, 0.29) is 5.91 Å². The molecule has 1 aliphatic rings. The van der Waals surface area contributed by atoms with Crippen molar-refractivity contribution in [3.8, 4) is 5.75 Å². The molecule has 0 saturated heterocycles. The van der Waals surface area contributed by atoms with E-state index in [9.17, 15) is 4.79 Å². The van der Waals surface area contributed by atoms with Gasteiger partial charge in [0.2, 0.25) is 0 Å². The molecule has 1 atom stereocenters. The summed E-state index contributed by atoms with van der Waals surface area (Å²) < 4.78 is 5.83. The van der Waals surface area contributed by atoms with Gasteiger partial charge in [0.1, 0.15) is 5.75 Å². The first-order valence-electron chi connectivity index (χ1n) is 7.28. The summed E-state index contributed by atoms with van der Waals surface area (Å²) in [6.07, 6.45) is 1.96. The van der Waals surface area contributed by atoms with Crippen molar-refractivity contribution in [2.24, 2.45) is 5.92 Å². The molecule has 2 aromatic rings. The van der Waals surface area contributed by atoms with E-state index >= 15 is 0 Å². The summed E-state index contributed by atoms with van der Waals surface area (Å²) >= 11 is 0. The molecular weight excluding hydrogens is 262 g/mol. The minimum Gasteiger partial charge on any atom is -0.493 e. The number of hydrogen-bond donors (Lipinski definition) is 1. The largest absolute Gasteiger partial charge is 0.493 e. The molecule has 3 rings (SSSR count). The number of ether oxygens (including phenoxy) is 1. The van der Waals surface area contributed by atoms with Crippen LogP contribution in [0, 0.1) is 5.92 Å². The van der Waals surface area contributed by atoms with E-state index in [4.69, 9.17) is 4.74 Å². The fourth-order valence-corrected chi connectivity index (χ4v) is 2.84. The number of rotatable bonds is 3. The Kier molecular flexibility index (Phi) is 3.91. The lowest BCUT2D eigenvalue weighted by molar-refractivity contribution is 0.0963. The Morgan fingerprint density at radius 1 is 1.24 bits per heavy atom. The van der Waals surface area contributed by atoms with Gasteiger partial charge in [0, 0.05) is 18.5 Å². The van der Waals surface area contributed by atoms with Gasteiger partial charge in [-0.05, 0) is 42.2 Å². The predicted molar refractivity (Wildman–Crippen MR) is 82.7 cm³/mol. The lowest BCUT2D eigenvalue weighted by Crippen LogP contribution is -2.23. The van der Waals surface area contributed by atoms with Crippen molar-refractivity contribution in [2.45, 2.75) is 12.8 Å². The fraction of sp³-hybridized carbons (Fsp3) is 0.278. The summed E-state index contributed by atoms with van der Waals surface area (Å²) in [5.41, 5.74) is 3.17. The van der Waals surface area contributed by atoms with Gasteiger partial charge in [-0.1, -0.05) is 30.3 Å². The molecular formula is C18H19NO2. The van der Waals surface area contributed by atoms with Gasteiger partial charge in [-0.3, -0.25) is 4.79 Å². The third-order valence-corrected chi connectivity index (χ3v) is 3.90. The highest BCUT2D eigenvalue weighted by atomic mass is 16.5. The maximum atomic E-state index is 11.7. The topological polar surface area (TPSA) is 38.3 Å². The first kappa shape index (κ1) is 13.7. The molecule has 1 amide bonds. The van der Waals surface area contributed by atoms with Gasteiger partial charge in [0.15, 0.2) is 0 Å². The Bertz CT molecular complexity index is 651. The van der Waals surface area contributed by atoms with Gasteiger partial charge in [0.05, 0.1) is 6.61 Å². The molecule has 1 N–H and O–H groups in total. The van der Waals surface area contributed by atoms with E-state index in [1.54, 1.807) is 7.05 Å². The van der Waals surface area contributed by atoms with Gasteiger partial charge in [-0.2, -0.15) is 0 Å². The number of hydrogen-bond acceptors (Lipinski definition) is 2. The van der Waals surface area contributed by atoms with Crippen LogP contribution in [0.3, 0.4) is 0 Å². The molecule has 0 fully saturated rings. The van der Waals surface area contributed by atoms with Gasteiger partial charge in [-0.15, -0.1) is 0 Å². The van der Waals surface area contributed by atoms with Crippen LogP contribution in [0.1, 0.15) is 21.5 Å². The van der Waals surface area contributed by atoms with E-state index in [0.29, 0.717) is 11.5 Å². The SMILES string of the molecule is CNC(=O)c1cccc(C[C@H]2COc3ccccc3C2)c1. The maximum absolute atomic E-state index is 11.7. The molecule has 1 heterocycles. The van der Waals surface area contributed by atoms with Gasteiger partial charge < -0.3 is 10.1 Å². The van der Waals surface area contributed by atoms with E-state index in [1.165, 1.54) is 11.1 Å². The highest BCUT2D eigenvalue weighted by Gasteiger charge is 2.20. The number of benzene rings is 2. The molecule has 3 heteroatoms. The second kappa shape index (κ2) is 6.00. The molecule has 1 aliphatic heterocycles. The normalized spacial score (nSPS) is 16.7. The zero-order valence-corrected chi connectivity index (χ0v) is 12.1. The van der Waals surface area contributed by atoms with E-state index in [2.05, 4.69) is 23.5 Å². The first-order chi connectivity index (χ1) is 10.3. The lowest BCUT2D eigenvalue weighted by atomic mass is 9.90. The average Bonchev–Trinajstić information content (AvgIpc) is 2.54. The van der Waals surface area contributed by atoms with Crippen LogP contribution in [0.15, 0.2) is 48.5 Å². The molecule has 0 spiro atoms. The third-order valence-electron chi connectivity index (χ3n) is 3.90. The summed E-state index contributed by atoms with van der Waals surface area (Å²) in [4.78, 5) is 11.7. The highest BCUT2D eigenvalue weighted by Crippen LogP contribution is 2.28. The van der Waals surface area contributed by atoms with Crippen molar-refractivity contribution in [2.75, 3.05) is 13.7 Å². The van der Waals surface area contributed by atoms with Crippen LogP contribution in [0.2, 0.25) is 0 Å². The molecule has 0 radical (unpaired) electrons. The number of para-hydroxylation sites is 1. The summed E-state index contributed by atoms with van der Waals surface area (Å²) in [7, 11) is 1.65. The second-order valence-electron chi connectivity index (χ2n) is 5.47. The van der Waals surface area contributed by atoms with E-state index < -0.39 is 0 Å². The molecule has 0 unspecified atom stereocenters. The fourth-order valence-electron chi connectivity index (χ4n) is 2.84. The van der Waals surface area contributed by atoms with Crippen molar-refractivity contribution in [1.82, 2.24) is 5.32 Å². The number of carbonyl (C=O) groups is 1. The van der Waals surface area contributed by atoms with Crippen LogP contribution in [0.5, 0.6) is 5.75 Å². The smallest absolute Gasteiger partial charge is 0.251 e. The maximum Gasteiger partial charge on any atom is 0.251 e. The Morgan fingerprint density at radius 2 is 2.10 bits per heavy atom. The number of nitrogens with one attached hydrogen (secondary N) is 1. The van der Waals surface area contributed by atoms with Gasteiger partial charge >= 0.3 is 0 Å². The number of amides is 1. The molecule has 0 aliphatic carbocycles. The third kappa shape index (κ3) is 3.07. The quantitative estimate of drug-likeness (QED) is 0.939. The Hall–Kier alpha value is -2.29. The molecule has 21 heavy (non-hydrogen) atoms. The van der Waals surface area contributed by atoms with Gasteiger partial charge in [-0.25, -0.2) is 0 Å². The van der Waals surface area contributed by atoms with Crippen LogP contribution >= 0.6 is 0 Å². The Morgan fingerprint density at radius 3 is 2.95 bits per heavy atom. The second-order valence-corrected chi connectivity index (χ2v) is 5.47. The molecule has 0 bridgehead atoms. The minimum absolute atomic E-state index is 0.0397. The summed E-state index contributed by atoms with van der Waals surface area (Å²) in [6, 6.07) is 16.0. The highest BCUT2D eigenvalue weighted by molar-refractivity contribution is 5.94. The molecule has 2 aromatic carbocycles. The van der Waals surface area contributed by atoms with Crippen molar-refractivity contribution in [3.05, 3.63) is 65.2 Å². The monoisotopic (exact) mass is 281 g/mol. The number of carbonyl (C=O) groups excluding carboxylic acids is 1. The lowest BCUT2D eigenvalue weighted by Gasteiger charge is -2.25. The van der Waals surface area contributed by atoms with Crippen molar-refractivity contribution >= 4 is 5.91 Å². The Labute approximate surface area is 124 Å². The van der Waals surface area contributed by atoms with Crippen LogP contribution < -0.4 is 10.1 Å². The summed E-state index contributed by atoms with van der Waals surface area (Å²) in [6.45, 7) is 0.737. The van der Waals surface area contributed by atoms with Crippen molar-refractivity contribution in [1.29, 1.82) is 0 Å². The molecule has 0 saturated carbocycles. The number of fused-ring (bicyclic) bond motifs is 1. The zero-order valence-electron chi connectivity index (χ0n) is 12.1. The average molecular weight is 281 g/mol. The van der Waals surface area contributed by atoms with Crippen LogP contribution in [0.4, 0.5) is 0 Å².